The van der Waals surface area contributed by atoms with Crippen molar-refractivity contribution < 1.29 is 5.11 Å². The normalized spacial score (nSPS) is 15.5. The average molecular weight is 192 g/mol. The van der Waals surface area contributed by atoms with Crippen LogP contribution in [-0.2, 0) is 6.61 Å². The Bertz CT molecular complexity index is 345. The summed E-state index contributed by atoms with van der Waals surface area (Å²) in [6.45, 7) is 6.26. The van der Waals surface area contributed by atoms with Crippen molar-refractivity contribution in [2.75, 3.05) is 18.0 Å². The second-order valence-corrected chi connectivity index (χ2v) is 3.88. The fourth-order valence-electron chi connectivity index (χ4n) is 1.83. The molecule has 1 N–H and O–H groups in total. The molecule has 0 aromatic carbocycles. The van der Waals surface area contributed by atoms with Gasteiger partial charge in [0.2, 0.25) is 0 Å². The van der Waals surface area contributed by atoms with E-state index in [9.17, 15) is 5.11 Å². The Kier molecular flexibility index (Phi) is 2.42. The van der Waals surface area contributed by atoms with Gasteiger partial charge in [0.1, 0.15) is 5.82 Å². The maximum Gasteiger partial charge on any atom is 0.134 e. The van der Waals surface area contributed by atoms with Crippen LogP contribution in [0.4, 0.5) is 5.82 Å². The summed E-state index contributed by atoms with van der Waals surface area (Å²) < 4.78 is 0. The molecule has 0 aliphatic carbocycles. The number of hydrogen-bond donors (Lipinski definition) is 1. The molecule has 2 heterocycles. The van der Waals surface area contributed by atoms with Crippen LogP contribution in [0.3, 0.4) is 0 Å². The lowest BCUT2D eigenvalue weighted by atomic mass is 10.1. The van der Waals surface area contributed by atoms with Gasteiger partial charge in [0.25, 0.3) is 0 Å². The van der Waals surface area contributed by atoms with E-state index in [4.69, 9.17) is 0 Å². The van der Waals surface area contributed by atoms with Crippen LogP contribution in [0.25, 0.3) is 0 Å². The summed E-state index contributed by atoms with van der Waals surface area (Å²) in [5.41, 5.74) is 3.15. The smallest absolute Gasteiger partial charge is 0.134 e. The van der Waals surface area contributed by atoms with E-state index in [0.717, 1.165) is 35.7 Å². The highest BCUT2D eigenvalue weighted by Gasteiger charge is 2.20. The van der Waals surface area contributed by atoms with Gasteiger partial charge in [0.05, 0.1) is 6.61 Å². The van der Waals surface area contributed by atoms with Crippen molar-refractivity contribution in [3.63, 3.8) is 0 Å². The van der Waals surface area contributed by atoms with Gasteiger partial charge in [-0.1, -0.05) is 0 Å². The van der Waals surface area contributed by atoms with Crippen molar-refractivity contribution in [1.29, 1.82) is 0 Å². The quantitative estimate of drug-likeness (QED) is 0.769. The fourth-order valence-corrected chi connectivity index (χ4v) is 1.83. The Hall–Kier alpha value is -1.09. The maximum absolute atomic E-state index is 9.29. The SMILES string of the molecule is Cc1cc(C)c(CO)c(N2CCC2)n1. The Morgan fingerprint density at radius 1 is 1.43 bits per heavy atom. The minimum absolute atomic E-state index is 0.0882. The second kappa shape index (κ2) is 3.58. The number of pyridine rings is 1. The molecule has 3 heteroatoms. The number of aliphatic hydroxyl groups excluding tert-OH is 1. The van der Waals surface area contributed by atoms with E-state index in [2.05, 4.69) is 9.88 Å². The van der Waals surface area contributed by atoms with Crippen molar-refractivity contribution in [3.8, 4) is 0 Å². The molecular formula is C11H16N2O. The molecule has 0 saturated carbocycles. The number of rotatable bonds is 2. The highest BCUT2D eigenvalue weighted by atomic mass is 16.3. The molecule has 0 radical (unpaired) electrons. The topological polar surface area (TPSA) is 36.4 Å². The van der Waals surface area contributed by atoms with Crippen molar-refractivity contribution in [3.05, 3.63) is 22.9 Å². The summed E-state index contributed by atoms with van der Waals surface area (Å²) in [5.74, 6) is 0.983. The van der Waals surface area contributed by atoms with Gasteiger partial charge in [-0.25, -0.2) is 4.98 Å². The van der Waals surface area contributed by atoms with Gasteiger partial charge in [-0.05, 0) is 31.9 Å². The highest BCUT2D eigenvalue weighted by Crippen LogP contribution is 2.25. The molecule has 3 nitrogen and oxygen atoms in total. The van der Waals surface area contributed by atoms with E-state index < -0.39 is 0 Å². The zero-order valence-electron chi connectivity index (χ0n) is 8.75. The molecule has 0 atom stereocenters. The van der Waals surface area contributed by atoms with Gasteiger partial charge in [0.15, 0.2) is 0 Å². The predicted octanol–water partition coefficient (Wildman–Crippen LogP) is 1.40. The highest BCUT2D eigenvalue weighted by molar-refractivity contribution is 5.52. The number of hydrogen-bond acceptors (Lipinski definition) is 3. The molecule has 0 unspecified atom stereocenters. The molecule has 1 aromatic rings. The van der Waals surface area contributed by atoms with E-state index in [1.165, 1.54) is 6.42 Å². The Balaban J connectivity index is 2.44. The van der Waals surface area contributed by atoms with Gasteiger partial charge >= 0.3 is 0 Å². The van der Waals surface area contributed by atoms with Crippen LogP contribution in [0.5, 0.6) is 0 Å². The maximum atomic E-state index is 9.29. The first-order valence-corrected chi connectivity index (χ1v) is 5.05. The summed E-state index contributed by atoms with van der Waals surface area (Å²) in [6.07, 6.45) is 1.24. The molecule has 0 spiro atoms. The monoisotopic (exact) mass is 192 g/mol. The van der Waals surface area contributed by atoms with Crippen molar-refractivity contribution in [2.45, 2.75) is 26.9 Å². The van der Waals surface area contributed by atoms with Crippen LogP contribution >= 0.6 is 0 Å². The summed E-state index contributed by atoms with van der Waals surface area (Å²) in [7, 11) is 0. The van der Waals surface area contributed by atoms with Crippen LogP contribution in [-0.4, -0.2) is 23.2 Å². The van der Waals surface area contributed by atoms with Crippen LogP contribution in [0.15, 0.2) is 6.07 Å². The Labute approximate surface area is 84.4 Å². The molecule has 0 amide bonds. The van der Waals surface area contributed by atoms with Crippen LogP contribution in [0.2, 0.25) is 0 Å². The van der Waals surface area contributed by atoms with Gasteiger partial charge in [0, 0.05) is 24.3 Å². The first-order chi connectivity index (χ1) is 6.72. The van der Waals surface area contributed by atoms with Gasteiger partial charge in [-0.15, -0.1) is 0 Å². The predicted molar refractivity (Wildman–Crippen MR) is 56.5 cm³/mol. The third-order valence-corrected chi connectivity index (χ3v) is 2.77. The summed E-state index contributed by atoms with van der Waals surface area (Å²) >= 11 is 0. The lowest BCUT2D eigenvalue weighted by Crippen LogP contribution is -2.38. The molecule has 1 fully saturated rings. The zero-order chi connectivity index (χ0) is 10.1. The largest absolute Gasteiger partial charge is 0.392 e. The molecule has 1 aromatic heterocycles. The standard InChI is InChI=1S/C11H16N2O/c1-8-6-9(2)12-11(10(8)7-14)13-4-3-5-13/h6,14H,3-5,7H2,1-2H3. The van der Waals surface area contributed by atoms with E-state index in [1.807, 2.05) is 19.9 Å². The molecule has 1 saturated heterocycles. The average Bonchev–Trinajstić information content (AvgIpc) is 1.99. The number of aliphatic hydroxyl groups is 1. The molecule has 2 rings (SSSR count). The summed E-state index contributed by atoms with van der Waals surface area (Å²) in [6, 6.07) is 2.02. The van der Waals surface area contributed by atoms with E-state index >= 15 is 0 Å². The number of aryl methyl sites for hydroxylation is 2. The Morgan fingerprint density at radius 2 is 2.14 bits per heavy atom. The lowest BCUT2D eigenvalue weighted by molar-refractivity contribution is 0.280. The zero-order valence-corrected chi connectivity index (χ0v) is 8.75. The minimum Gasteiger partial charge on any atom is -0.392 e. The third-order valence-electron chi connectivity index (χ3n) is 2.77. The van der Waals surface area contributed by atoms with E-state index in [0.29, 0.717) is 0 Å². The van der Waals surface area contributed by atoms with Crippen LogP contribution < -0.4 is 4.90 Å². The Morgan fingerprint density at radius 3 is 2.64 bits per heavy atom. The molecule has 14 heavy (non-hydrogen) atoms. The molecule has 1 aliphatic heterocycles. The van der Waals surface area contributed by atoms with Crippen molar-refractivity contribution in [2.24, 2.45) is 0 Å². The van der Waals surface area contributed by atoms with Crippen LogP contribution in [0, 0.1) is 13.8 Å². The van der Waals surface area contributed by atoms with Gasteiger partial charge in [-0.3, -0.25) is 0 Å². The molecule has 76 valence electrons. The number of nitrogens with zero attached hydrogens (tertiary/aromatic N) is 2. The van der Waals surface area contributed by atoms with Crippen molar-refractivity contribution in [1.82, 2.24) is 4.98 Å². The van der Waals surface area contributed by atoms with Gasteiger partial charge in [-0.2, -0.15) is 0 Å². The van der Waals surface area contributed by atoms with Crippen molar-refractivity contribution >= 4 is 5.82 Å². The number of aromatic nitrogens is 1. The van der Waals surface area contributed by atoms with Crippen LogP contribution in [0.1, 0.15) is 23.2 Å². The lowest BCUT2D eigenvalue weighted by Gasteiger charge is -2.34. The first kappa shape index (κ1) is 9.46. The van der Waals surface area contributed by atoms with Gasteiger partial charge < -0.3 is 10.0 Å². The first-order valence-electron chi connectivity index (χ1n) is 5.05. The summed E-state index contributed by atoms with van der Waals surface area (Å²) in [4.78, 5) is 6.72. The van der Waals surface area contributed by atoms with E-state index in [1.54, 1.807) is 0 Å². The summed E-state index contributed by atoms with van der Waals surface area (Å²) in [5, 5.41) is 9.29. The molecular weight excluding hydrogens is 176 g/mol. The molecule has 0 bridgehead atoms. The van der Waals surface area contributed by atoms with E-state index in [-0.39, 0.29) is 6.61 Å². The molecule has 1 aliphatic rings. The third kappa shape index (κ3) is 1.48. The second-order valence-electron chi connectivity index (χ2n) is 3.88. The minimum atomic E-state index is 0.0882. The number of anilines is 1. The fraction of sp³-hybridized carbons (Fsp3) is 0.545.